The van der Waals surface area contributed by atoms with E-state index in [0.717, 1.165) is 23.8 Å². The fourth-order valence-electron chi connectivity index (χ4n) is 1.52. The Morgan fingerprint density at radius 1 is 1.53 bits per heavy atom. The van der Waals surface area contributed by atoms with Crippen LogP contribution in [0.2, 0.25) is 0 Å². The van der Waals surface area contributed by atoms with Crippen molar-refractivity contribution in [1.82, 2.24) is 0 Å². The Bertz CT molecular complexity index is 387. The van der Waals surface area contributed by atoms with Gasteiger partial charge in [-0.1, -0.05) is 19.9 Å². The summed E-state index contributed by atoms with van der Waals surface area (Å²) in [7, 11) is 0. The van der Waals surface area contributed by atoms with Crippen molar-refractivity contribution in [3.8, 4) is 0 Å². The fraction of sp³-hybridized carbons (Fsp3) is 0.364. The molecule has 0 amide bonds. The minimum absolute atomic E-state index is 0.0379. The number of hydrogen-bond acceptors (Lipinski definition) is 3. The number of nitro benzene ring substituents is 1. The largest absolute Gasteiger partial charge is 0.303 e. The van der Waals surface area contributed by atoms with E-state index in [1.165, 1.54) is 12.1 Å². The third-order valence-electron chi connectivity index (χ3n) is 2.42. The normalized spacial score (nSPS) is 12.1. The Labute approximate surface area is 88.1 Å². The lowest BCUT2D eigenvalue weighted by atomic mass is 9.95. The third-order valence-corrected chi connectivity index (χ3v) is 2.42. The summed E-state index contributed by atoms with van der Waals surface area (Å²) in [5.74, 6) is -0.292. The monoisotopic (exact) mass is 207 g/mol. The molecule has 0 aliphatic carbocycles. The van der Waals surface area contributed by atoms with Crippen molar-refractivity contribution in [3.05, 3.63) is 39.4 Å². The number of aldehydes is 1. The maximum Gasteiger partial charge on any atom is 0.269 e. The maximum atomic E-state index is 10.7. The SMILES string of the molecule is CCc1ccc([N+](=O)[O-])cc1C(C)C=O. The van der Waals surface area contributed by atoms with Gasteiger partial charge in [-0.05, 0) is 17.5 Å². The molecule has 0 fully saturated rings. The average Bonchev–Trinajstić information content (AvgIpc) is 2.27. The van der Waals surface area contributed by atoms with Gasteiger partial charge in [0.1, 0.15) is 6.29 Å². The summed E-state index contributed by atoms with van der Waals surface area (Å²) in [5, 5.41) is 10.6. The first-order chi connectivity index (χ1) is 7.10. The smallest absolute Gasteiger partial charge is 0.269 e. The number of non-ortho nitro benzene ring substituents is 1. The van der Waals surface area contributed by atoms with Crippen molar-refractivity contribution in [1.29, 1.82) is 0 Å². The zero-order valence-corrected chi connectivity index (χ0v) is 8.77. The van der Waals surface area contributed by atoms with Crippen molar-refractivity contribution < 1.29 is 9.72 Å². The molecule has 4 nitrogen and oxygen atoms in total. The predicted octanol–water partition coefficient (Wildman–Crippen LogP) is 2.46. The molecule has 0 bridgehead atoms. The van der Waals surface area contributed by atoms with E-state index in [-0.39, 0.29) is 11.6 Å². The van der Waals surface area contributed by atoms with Crippen molar-refractivity contribution in [2.45, 2.75) is 26.2 Å². The van der Waals surface area contributed by atoms with Crippen LogP contribution in [-0.4, -0.2) is 11.2 Å². The standard InChI is InChI=1S/C11H13NO3/c1-3-9-4-5-10(12(14)15)6-11(9)8(2)7-13/h4-8H,3H2,1-2H3. The molecule has 0 saturated carbocycles. The van der Waals surface area contributed by atoms with Crippen LogP contribution in [0.25, 0.3) is 0 Å². The van der Waals surface area contributed by atoms with Gasteiger partial charge in [0.25, 0.3) is 5.69 Å². The Kier molecular flexibility index (Phi) is 3.55. The number of hydrogen-bond donors (Lipinski definition) is 0. The lowest BCUT2D eigenvalue weighted by Gasteiger charge is -2.09. The van der Waals surface area contributed by atoms with Crippen LogP contribution in [-0.2, 0) is 11.2 Å². The number of carbonyl (C=O) groups is 1. The van der Waals surface area contributed by atoms with E-state index >= 15 is 0 Å². The molecule has 1 atom stereocenters. The van der Waals surface area contributed by atoms with Crippen LogP contribution in [0.15, 0.2) is 18.2 Å². The summed E-state index contributed by atoms with van der Waals surface area (Å²) in [4.78, 5) is 20.8. The summed E-state index contributed by atoms with van der Waals surface area (Å²) < 4.78 is 0. The lowest BCUT2D eigenvalue weighted by Crippen LogP contribution is -2.01. The average molecular weight is 207 g/mol. The van der Waals surface area contributed by atoms with Crippen LogP contribution in [0.3, 0.4) is 0 Å². The molecule has 0 aliphatic heterocycles. The van der Waals surface area contributed by atoms with Crippen molar-refractivity contribution in [2.24, 2.45) is 0 Å². The van der Waals surface area contributed by atoms with Crippen molar-refractivity contribution >= 4 is 12.0 Å². The van der Waals surface area contributed by atoms with Gasteiger partial charge in [0.15, 0.2) is 0 Å². The minimum Gasteiger partial charge on any atom is -0.303 e. The molecule has 1 unspecified atom stereocenters. The molecule has 1 rings (SSSR count). The highest BCUT2D eigenvalue weighted by atomic mass is 16.6. The van der Waals surface area contributed by atoms with Crippen LogP contribution in [0.1, 0.15) is 30.9 Å². The van der Waals surface area contributed by atoms with Gasteiger partial charge >= 0.3 is 0 Å². The molecule has 1 aromatic rings. The second-order valence-electron chi connectivity index (χ2n) is 3.42. The first kappa shape index (κ1) is 11.4. The van der Waals surface area contributed by atoms with Gasteiger partial charge in [-0.2, -0.15) is 0 Å². The van der Waals surface area contributed by atoms with E-state index in [2.05, 4.69) is 0 Å². The Morgan fingerprint density at radius 3 is 2.67 bits per heavy atom. The molecule has 0 N–H and O–H groups in total. The lowest BCUT2D eigenvalue weighted by molar-refractivity contribution is -0.384. The summed E-state index contributed by atoms with van der Waals surface area (Å²) >= 11 is 0. The van der Waals surface area contributed by atoms with Crippen LogP contribution in [0, 0.1) is 10.1 Å². The van der Waals surface area contributed by atoms with Gasteiger partial charge in [0.2, 0.25) is 0 Å². The highest BCUT2D eigenvalue weighted by Crippen LogP contribution is 2.24. The Balaban J connectivity index is 3.24. The minimum atomic E-state index is -0.444. The highest BCUT2D eigenvalue weighted by Gasteiger charge is 2.14. The van der Waals surface area contributed by atoms with E-state index in [9.17, 15) is 14.9 Å². The number of benzene rings is 1. The summed E-state index contributed by atoms with van der Waals surface area (Å²) in [6, 6.07) is 4.67. The maximum absolute atomic E-state index is 10.7. The Morgan fingerprint density at radius 2 is 2.20 bits per heavy atom. The molecular weight excluding hydrogens is 194 g/mol. The molecule has 15 heavy (non-hydrogen) atoms. The first-order valence-corrected chi connectivity index (χ1v) is 4.82. The molecule has 80 valence electrons. The quantitative estimate of drug-likeness (QED) is 0.433. The number of nitrogens with zero attached hydrogens (tertiary/aromatic N) is 1. The molecular formula is C11H13NO3. The second-order valence-corrected chi connectivity index (χ2v) is 3.42. The summed E-state index contributed by atoms with van der Waals surface area (Å²) in [5.41, 5.74) is 1.78. The third kappa shape index (κ3) is 2.40. The molecule has 1 aromatic carbocycles. The predicted molar refractivity (Wildman–Crippen MR) is 57.0 cm³/mol. The molecule has 0 aromatic heterocycles. The molecule has 0 saturated heterocycles. The van der Waals surface area contributed by atoms with E-state index in [1.54, 1.807) is 13.0 Å². The van der Waals surface area contributed by atoms with Gasteiger partial charge in [-0.15, -0.1) is 0 Å². The van der Waals surface area contributed by atoms with E-state index < -0.39 is 4.92 Å². The molecule has 0 radical (unpaired) electrons. The van der Waals surface area contributed by atoms with Crippen LogP contribution in [0.5, 0.6) is 0 Å². The molecule has 0 spiro atoms. The van der Waals surface area contributed by atoms with Crippen LogP contribution in [0.4, 0.5) is 5.69 Å². The van der Waals surface area contributed by atoms with Crippen LogP contribution >= 0.6 is 0 Å². The molecule has 0 aliphatic rings. The van der Waals surface area contributed by atoms with E-state index in [1.807, 2.05) is 6.92 Å². The number of rotatable bonds is 4. The number of aryl methyl sites for hydroxylation is 1. The summed E-state index contributed by atoms with van der Waals surface area (Å²) in [6.07, 6.45) is 1.57. The summed E-state index contributed by atoms with van der Waals surface area (Å²) in [6.45, 7) is 3.70. The van der Waals surface area contributed by atoms with E-state index in [4.69, 9.17) is 0 Å². The Hall–Kier alpha value is -1.71. The molecule has 0 heterocycles. The van der Waals surface area contributed by atoms with Gasteiger partial charge in [0, 0.05) is 18.1 Å². The fourth-order valence-corrected chi connectivity index (χ4v) is 1.52. The van der Waals surface area contributed by atoms with Crippen molar-refractivity contribution in [3.63, 3.8) is 0 Å². The van der Waals surface area contributed by atoms with Crippen molar-refractivity contribution in [2.75, 3.05) is 0 Å². The van der Waals surface area contributed by atoms with E-state index in [0.29, 0.717) is 0 Å². The molecule has 4 heteroatoms. The number of nitro groups is 1. The van der Waals surface area contributed by atoms with Gasteiger partial charge in [-0.25, -0.2) is 0 Å². The second kappa shape index (κ2) is 4.68. The van der Waals surface area contributed by atoms with Crippen LogP contribution < -0.4 is 0 Å². The topological polar surface area (TPSA) is 60.2 Å². The zero-order chi connectivity index (χ0) is 11.4. The van der Waals surface area contributed by atoms with Gasteiger partial charge in [-0.3, -0.25) is 10.1 Å². The zero-order valence-electron chi connectivity index (χ0n) is 8.77. The van der Waals surface area contributed by atoms with Gasteiger partial charge < -0.3 is 4.79 Å². The number of carbonyl (C=O) groups excluding carboxylic acids is 1. The first-order valence-electron chi connectivity index (χ1n) is 4.82. The highest BCUT2D eigenvalue weighted by molar-refractivity contribution is 5.63. The van der Waals surface area contributed by atoms with Gasteiger partial charge in [0.05, 0.1) is 4.92 Å².